The molecular formula is C25H22FN5O3S. The summed E-state index contributed by atoms with van der Waals surface area (Å²) in [4.78, 5) is 13.3. The van der Waals surface area contributed by atoms with E-state index >= 15 is 0 Å². The lowest BCUT2D eigenvalue weighted by molar-refractivity contribution is -0.116. The number of carbonyl (C=O) groups is 1. The van der Waals surface area contributed by atoms with E-state index in [-0.39, 0.29) is 18.2 Å². The molecule has 1 aliphatic heterocycles. The molecule has 2 atom stereocenters. The van der Waals surface area contributed by atoms with Crippen LogP contribution in [0.2, 0.25) is 0 Å². The van der Waals surface area contributed by atoms with E-state index in [1.54, 1.807) is 23.9 Å². The van der Waals surface area contributed by atoms with E-state index in [0.717, 1.165) is 5.56 Å². The van der Waals surface area contributed by atoms with Crippen molar-refractivity contribution >= 4 is 23.4 Å². The van der Waals surface area contributed by atoms with Gasteiger partial charge in [-0.2, -0.15) is 0 Å². The fourth-order valence-corrected chi connectivity index (χ4v) is 4.78. The number of amides is 1. The van der Waals surface area contributed by atoms with Crippen LogP contribution in [0.4, 0.5) is 10.1 Å². The highest BCUT2D eigenvalue weighted by Crippen LogP contribution is 2.38. The van der Waals surface area contributed by atoms with Gasteiger partial charge in [0.15, 0.2) is 5.82 Å². The van der Waals surface area contributed by atoms with Crippen molar-refractivity contribution in [1.29, 1.82) is 0 Å². The van der Waals surface area contributed by atoms with Gasteiger partial charge in [0.25, 0.3) is 0 Å². The SMILES string of the molecule is COc1ccc(C2Nn3c(COc4ccccc4)nnc3SC2C(=O)Nc2ccccc2F)cc1. The largest absolute Gasteiger partial charge is 0.497 e. The Hall–Kier alpha value is -4.05. The lowest BCUT2D eigenvalue weighted by atomic mass is 10.0. The molecule has 1 aliphatic rings. The molecule has 2 heterocycles. The third kappa shape index (κ3) is 4.92. The second-order valence-electron chi connectivity index (χ2n) is 7.72. The molecule has 3 aromatic carbocycles. The van der Waals surface area contributed by atoms with Crippen molar-refractivity contribution in [3.8, 4) is 11.5 Å². The number of hydrogen-bond acceptors (Lipinski definition) is 7. The zero-order valence-corrected chi connectivity index (χ0v) is 19.5. The van der Waals surface area contributed by atoms with E-state index in [4.69, 9.17) is 9.47 Å². The highest BCUT2D eigenvalue weighted by atomic mass is 32.2. The number of benzene rings is 3. The molecule has 2 N–H and O–H groups in total. The highest BCUT2D eigenvalue weighted by molar-refractivity contribution is 8.00. The maximum absolute atomic E-state index is 14.2. The maximum atomic E-state index is 14.2. The molecule has 0 aliphatic carbocycles. The summed E-state index contributed by atoms with van der Waals surface area (Å²) in [6.07, 6.45) is 0. The number of methoxy groups -OCH3 is 1. The third-order valence-corrected chi connectivity index (χ3v) is 6.70. The summed E-state index contributed by atoms with van der Waals surface area (Å²) in [6, 6.07) is 22.4. The fraction of sp³-hybridized carbons (Fsp3) is 0.160. The van der Waals surface area contributed by atoms with Gasteiger partial charge in [0.1, 0.15) is 29.2 Å². The highest BCUT2D eigenvalue weighted by Gasteiger charge is 2.38. The average molecular weight is 492 g/mol. The number of fused-ring (bicyclic) bond motifs is 1. The van der Waals surface area contributed by atoms with Crippen molar-refractivity contribution in [1.82, 2.24) is 14.9 Å². The number of thioether (sulfide) groups is 1. The number of para-hydroxylation sites is 2. The number of nitrogens with zero attached hydrogens (tertiary/aromatic N) is 3. The van der Waals surface area contributed by atoms with Gasteiger partial charge in [-0.25, -0.2) is 9.07 Å². The van der Waals surface area contributed by atoms with Crippen molar-refractivity contribution in [2.24, 2.45) is 0 Å². The van der Waals surface area contributed by atoms with Crippen LogP contribution < -0.4 is 20.2 Å². The molecule has 0 fully saturated rings. The van der Waals surface area contributed by atoms with Gasteiger partial charge < -0.3 is 20.2 Å². The first-order valence-corrected chi connectivity index (χ1v) is 11.7. The normalized spacial score (nSPS) is 16.6. The maximum Gasteiger partial charge on any atom is 0.240 e. The predicted molar refractivity (Wildman–Crippen MR) is 131 cm³/mol. The van der Waals surface area contributed by atoms with Gasteiger partial charge in [0.2, 0.25) is 11.1 Å². The summed E-state index contributed by atoms with van der Waals surface area (Å²) < 4.78 is 27.0. The molecular weight excluding hydrogens is 469 g/mol. The molecule has 4 aromatic rings. The Labute approximate surface area is 205 Å². The summed E-state index contributed by atoms with van der Waals surface area (Å²) in [5.74, 6) is 1.11. The number of nitrogens with one attached hydrogen (secondary N) is 2. The molecule has 178 valence electrons. The third-order valence-electron chi connectivity index (χ3n) is 5.48. The molecule has 5 rings (SSSR count). The molecule has 0 saturated heterocycles. The minimum absolute atomic E-state index is 0.121. The number of aromatic nitrogens is 3. The van der Waals surface area contributed by atoms with Crippen molar-refractivity contribution in [3.05, 3.63) is 96.1 Å². The molecule has 0 spiro atoms. The van der Waals surface area contributed by atoms with Crippen molar-refractivity contribution < 1.29 is 18.7 Å². The van der Waals surface area contributed by atoms with Crippen LogP contribution in [0.5, 0.6) is 11.5 Å². The van der Waals surface area contributed by atoms with Gasteiger partial charge >= 0.3 is 0 Å². The smallest absolute Gasteiger partial charge is 0.240 e. The van der Waals surface area contributed by atoms with Gasteiger partial charge in [0.05, 0.1) is 18.8 Å². The second-order valence-corrected chi connectivity index (χ2v) is 8.83. The minimum Gasteiger partial charge on any atom is -0.497 e. The topological polar surface area (TPSA) is 90.3 Å². The van der Waals surface area contributed by atoms with Gasteiger partial charge in [0, 0.05) is 0 Å². The first kappa shape index (κ1) is 22.7. The molecule has 10 heteroatoms. The van der Waals surface area contributed by atoms with E-state index in [0.29, 0.717) is 22.5 Å². The van der Waals surface area contributed by atoms with Crippen LogP contribution in [0, 0.1) is 5.82 Å². The zero-order chi connectivity index (χ0) is 24.2. The lowest BCUT2D eigenvalue weighted by Crippen LogP contribution is -2.41. The number of ether oxygens (including phenoxy) is 2. The Kier molecular flexibility index (Phi) is 6.53. The van der Waals surface area contributed by atoms with Crippen LogP contribution in [0.25, 0.3) is 0 Å². The molecule has 1 amide bonds. The zero-order valence-electron chi connectivity index (χ0n) is 18.7. The van der Waals surface area contributed by atoms with Gasteiger partial charge in [-0.3, -0.25) is 4.79 Å². The molecule has 0 radical (unpaired) electrons. The van der Waals surface area contributed by atoms with E-state index in [9.17, 15) is 9.18 Å². The Morgan fingerprint density at radius 1 is 1.03 bits per heavy atom. The molecule has 0 saturated carbocycles. The van der Waals surface area contributed by atoms with Gasteiger partial charge in [-0.05, 0) is 42.0 Å². The number of rotatable bonds is 7. The van der Waals surface area contributed by atoms with Gasteiger partial charge in [-0.1, -0.05) is 54.2 Å². The summed E-state index contributed by atoms with van der Waals surface area (Å²) in [6.45, 7) is 0.187. The van der Waals surface area contributed by atoms with E-state index < -0.39 is 17.1 Å². The summed E-state index contributed by atoms with van der Waals surface area (Å²) in [5.41, 5.74) is 4.33. The number of halogens is 1. The Balaban J connectivity index is 1.43. The van der Waals surface area contributed by atoms with Crippen LogP contribution in [0.1, 0.15) is 17.4 Å². The van der Waals surface area contributed by atoms with E-state index in [1.165, 1.54) is 23.9 Å². The molecule has 35 heavy (non-hydrogen) atoms. The lowest BCUT2D eigenvalue weighted by Gasteiger charge is -2.33. The summed E-state index contributed by atoms with van der Waals surface area (Å²) >= 11 is 1.25. The molecule has 1 aromatic heterocycles. The quantitative estimate of drug-likeness (QED) is 0.396. The molecule has 8 nitrogen and oxygen atoms in total. The first-order chi connectivity index (χ1) is 17.1. The standard InChI is InChI=1S/C25H22FN5O3S/c1-33-17-13-11-16(12-14-17)22-23(24(32)27-20-10-6-5-9-19(20)26)35-25-29-28-21(31(25)30-22)15-34-18-7-3-2-4-8-18/h2-14,22-23,30H,15H2,1H3,(H,27,32). The first-order valence-electron chi connectivity index (χ1n) is 10.9. The summed E-state index contributed by atoms with van der Waals surface area (Å²) in [7, 11) is 1.59. The van der Waals surface area contributed by atoms with Crippen LogP contribution >= 0.6 is 11.8 Å². The Morgan fingerprint density at radius 3 is 2.51 bits per heavy atom. The van der Waals surface area contributed by atoms with Crippen molar-refractivity contribution in [3.63, 3.8) is 0 Å². The number of hydrogen-bond donors (Lipinski definition) is 2. The van der Waals surface area contributed by atoms with Gasteiger partial charge in [-0.15, -0.1) is 10.2 Å². The molecule has 2 unspecified atom stereocenters. The minimum atomic E-state index is -0.650. The monoisotopic (exact) mass is 491 g/mol. The number of carbonyl (C=O) groups excluding carboxylic acids is 1. The van der Waals surface area contributed by atoms with Crippen LogP contribution in [-0.4, -0.2) is 33.1 Å². The predicted octanol–water partition coefficient (Wildman–Crippen LogP) is 4.40. The summed E-state index contributed by atoms with van der Waals surface area (Å²) in [5, 5.41) is 11.1. The average Bonchev–Trinajstić information content (AvgIpc) is 3.30. The van der Waals surface area contributed by atoms with Crippen LogP contribution in [0.15, 0.2) is 84.0 Å². The fourth-order valence-electron chi connectivity index (χ4n) is 3.68. The van der Waals surface area contributed by atoms with Crippen LogP contribution in [0.3, 0.4) is 0 Å². The number of anilines is 1. The van der Waals surface area contributed by atoms with E-state index in [1.807, 2.05) is 54.6 Å². The van der Waals surface area contributed by atoms with Crippen LogP contribution in [-0.2, 0) is 11.4 Å². The van der Waals surface area contributed by atoms with Crippen molar-refractivity contribution in [2.45, 2.75) is 23.1 Å². The second kappa shape index (κ2) is 10.1. The molecule has 0 bridgehead atoms. The van der Waals surface area contributed by atoms with Crippen molar-refractivity contribution in [2.75, 3.05) is 17.9 Å². The Bertz CT molecular complexity index is 1320. The van der Waals surface area contributed by atoms with E-state index in [2.05, 4.69) is 20.9 Å². The Morgan fingerprint density at radius 2 is 1.77 bits per heavy atom.